The lowest BCUT2D eigenvalue weighted by Crippen LogP contribution is -2.27. The summed E-state index contributed by atoms with van der Waals surface area (Å²) in [7, 11) is 1.59. The number of nitro benzene ring substituents is 1. The lowest BCUT2D eigenvalue weighted by atomic mass is 10.2. The summed E-state index contributed by atoms with van der Waals surface area (Å²) in [6, 6.07) is 5.34. The second kappa shape index (κ2) is 7.36. The molecule has 0 fully saturated rings. The van der Waals surface area contributed by atoms with Gasteiger partial charge in [0.2, 0.25) is 0 Å². The van der Waals surface area contributed by atoms with Crippen LogP contribution in [0.3, 0.4) is 0 Å². The number of amides is 2. The van der Waals surface area contributed by atoms with Gasteiger partial charge in [-0.15, -0.1) is 0 Å². The van der Waals surface area contributed by atoms with Crippen LogP contribution in [0.25, 0.3) is 0 Å². The number of nitrogens with one attached hydrogen (secondary N) is 2. The van der Waals surface area contributed by atoms with Gasteiger partial charge in [0, 0.05) is 31.3 Å². The molecule has 0 bridgehead atoms. The average Bonchev–Trinajstić information content (AvgIpc) is 2.93. The zero-order valence-corrected chi connectivity index (χ0v) is 13.3. The molecular formula is C15H17N5O4. The average molecular weight is 331 g/mol. The minimum absolute atomic E-state index is 0.118. The molecule has 0 aliphatic rings. The molecule has 2 N–H and O–H groups in total. The zero-order valence-electron chi connectivity index (χ0n) is 13.3. The highest BCUT2D eigenvalue weighted by atomic mass is 16.6. The maximum atomic E-state index is 12.3. The van der Waals surface area contributed by atoms with Crippen LogP contribution in [-0.2, 0) is 7.05 Å². The molecule has 2 aromatic rings. The number of hydrogen-bond acceptors (Lipinski definition) is 5. The predicted molar refractivity (Wildman–Crippen MR) is 86.9 cm³/mol. The van der Waals surface area contributed by atoms with Crippen molar-refractivity contribution < 1.29 is 14.5 Å². The fraction of sp³-hybridized carbons (Fsp3) is 0.267. The summed E-state index contributed by atoms with van der Waals surface area (Å²) in [6.07, 6.45) is 2.13. The molecule has 1 aromatic heterocycles. The SMILES string of the molecule is CCCNC(=O)c1c(NC(=O)c2cccc([N+](=O)[O-])c2)cnn1C. The maximum absolute atomic E-state index is 12.3. The first kappa shape index (κ1) is 17.1. The van der Waals surface area contributed by atoms with Crippen molar-refractivity contribution in [2.45, 2.75) is 13.3 Å². The highest BCUT2D eigenvalue weighted by molar-refractivity contribution is 6.08. The van der Waals surface area contributed by atoms with E-state index in [-0.39, 0.29) is 28.5 Å². The quantitative estimate of drug-likeness (QED) is 0.617. The molecule has 0 saturated heterocycles. The van der Waals surface area contributed by atoms with Crippen LogP contribution in [-0.4, -0.2) is 33.1 Å². The standard InChI is InChI=1S/C15H17N5O4/c1-3-7-16-15(22)13-12(9-17-19(13)2)18-14(21)10-5-4-6-11(8-10)20(23)24/h4-6,8-9H,3,7H2,1-2H3,(H,16,22)(H,18,21). The Morgan fingerprint density at radius 2 is 2.08 bits per heavy atom. The van der Waals surface area contributed by atoms with E-state index in [0.717, 1.165) is 6.42 Å². The third kappa shape index (κ3) is 3.75. The van der Waals surface area contributed by atoms with Gasteiger partial charge in [-0.1, -0.05) is 13.0 Å². The van der Waals surface area contributed by atoms with E-state index in [2.05, 4.69) is 15.7 Å². The van der Waals surface area contributed by atoms with Gasteiger partial charge in [0.15, 0.2) is 0 Å². The second-order valence-electron chi connectivity index (χ2n) is 5.05. The number of aromatic nitrogens is 2. The molecule has 1 heterocycles. The van der Waals surface area contributed by atoms with Crippen molar-refractivity contribution in [1.29, 1.82) is 0 Å². The van der Waals surface area contributed by atoms with Gasteiger partial charge in [-0.25, -0.2) is 0 Å². The van der Waals surface area contributed by atoms with Crippen molar-refractivity contribution in [2.75, 3.05) is 11.9 Å². The Balaban J connectivity index is 2.22. The molecule has 1 aromatic carbocycles. The van der Waals surface area contributed by atoms with Crippen LogP contribution in [0.15, 0.2) is 30.5 Å². The Morgan fingerprint density at radius 3 is 2.75 bits per heavy atom. The fourth-order valence-electron chi connectivity index (χ4n) is 2.08. The number of hydrogen-bond donors (Lipinski definition) is 2. The Hall–Kier alpha value is -3.23. The van der Waals surface area contributed by atoms with E-state index < -0.39 is 10.8 Å². The summed E-state index contributed by atoms with van der Waals surface area (Å²) in [6.45, 7) is 2.43. The van der Waals surface area contributed by atoms with Crippen LogP contribution in [0.1, 0.15) is 34.2 Å². The Kier molecular flexibility index (Phi) is 5.25. The van der Waals surface area contributed by atoms with Crippen molar-refractivity contribution in [3.63, 3.8) is 0 Å². The third-order valence-electron chi connectivity index (χ3n) is 3.26. The minimum Gasteiger partial charge on any atom is -0.351 e. The minimum atomic E-state index is -0.579. The van der Waals surface area contributed by atoms with Gasteiger partial charge in [0.1, 0.15) is 5.69 Å². The van der Waals surface area contributed by atoms with Gasteiger partial charge < -0.3 is 10.6 Å². The zero-order chi connectivity index (χ0) is 17.7. The van der Waals surface area contributed by atoms with E-state index >= 15 is 0 Å². The van der Waals surface area contributed by atoms with E-state index in [9.17, 15) is 19.7 Å². The van der Waals surface area contributed by atoms with Crippen LogP contribution in [0.2, 0.25) is 0 Å². The largest absolute Gasteiger partial charge is 0.351 e. The molecule has 9 nitrogen and oxygen atoms in total. The number of rotatable bonds is 6. The van der Waals surface area contributed by atoms with Crippen molar-refractivity contribution in [3.05, 3.63) is 51.8 Å². The van der Waals surface area contributed by atoms with E-state index in [1.54, 1.807) is 7.05 Å². The summed E-state index contributed by atoms with van der Waals surface area (Å²) < 4.78 is 1.36. The van der Waals surface area contributed by atoms with Gasteiger partial charge in [-0.05, 0) is 12.5 Å². The number of nitro groups is 1. The van der Waals surface area contributed by atoms with E-state index in [1.165, 1.54) is 35.1 Å². The number of nitrogens with zero attached hydrogens (tertiary/aromatic N) is 3. The van der Waals surface area contributed by atoms with Crippen molar-refractivity contribution in [2.24, 2.45) is 7.05 Å². The lowest BCUT2D eigenvalue weighted by Gasteiger charge is -2.08. The number of carbonyl (C=O) groups excluding carboxylic acids is 2. The number of aryl methyl sites for hydroxylation is 1. The first-order valence-corrected chi connectivity index (χ1v) is 7.30. The molecule has 0 aliphatic carbocycles. The molecule has 0 unspecified atom stereocenters. The summed E-state index contributed by atoms with van der Waals surface area (Å²) in [5.74, 6) is -0.914. The summed E-state index contributed by atoms with van der Waals surface area (Å²) in [4.78, 5) is 34.6. The topological polar surface area (TPSA) is 119 Å². The van der Waals surface area contributed by atoms with Crippen LogP contribution in [0.5, 0.6) is 0 Å². The molecule has 9 heteroatoms. The van der Waals surface area contributed by atoms with Gasteiger partial charge in [-0.3, -0.25) is 24.4 Å². The molecule has 2 amide bonds. The third-order valence-corrected chi connectivity index (χ3v) is 3.26. The number of benzene rings is 1. The van der Waals surface area contributed by atoms with Crippen LogP contribution < -0.4 is 10.6 Å². The summed E-state index contributed by atoms with van der Waals surface area (Å²) >= 11 is 0. The Bertz CT molecular complexity index is 784. The molecule has 2 rings (SSSR count). The van der Waals surface area contributed by atoms with Crippen molar-refractivity contribution in [1.82, 2.24) is 15.1 Å². The highest BCUT2D eigenvalue weighted by Crippen LogP contribution is 2.18. The molecule has 0 saturated carbocycles. The molecule has 0 atom stereocenters. The molecular weight excluding hydrogens is 314 g/mol. The van der Waals surface area contributed by atoms with E-state index in [1.807, 2.05) is 6.92 Å². The van der Waals surface area contributed by atoms with Gasteiger partial charge in [0.05, 0.1) is 16.8 Å². The molecule has 126 valence electrons. The van der Waals surface area contributed by atoms with Gasteiger partial charge in [-0.2, -0.15) is 5.10 Å². The number of carbonyl (C=O) groups is 2. The van der Waals surface area contributed by atoms with Gasteiger partial charge in [0.25, 0.3) is 17.5 Å². The fourth-order valence-corrected chi connectivity index (χ4v) is 2.08. The van der Waals surface area contributed by atoms with Crippen LogP contribution in [0.4, 0.5) is 11.4 Å². The monoisotopic (exact) mass is 331 g/mol. The number of anilines is 1. The number of non-ortho nitro benzene ring substituents is 1. The van der Waals surface area contributed by atoms with Gasteiger partial charge >= 0.3 is 0 Å². The first-order chi connectivity index (χ1) is 11.4. The van der Waals surface area contributed by atoms with E-state index in [4.69, 9.17) is 0 Å². The highest BCUT2D eigenvalue weighted by Gasteiger charge is 2.19. The smallest absolute Gasteiger partial charge is 0.271 e. The Labute approximate surface area is 137 Å². The second-order valence-corrected chi connectivity index (χ2v) is 5.05. The lowest BCUT2D eigenvalue weighted by molar-refractivity contribution is -0.384. The molecule has 0 spiro atoms. The van der Waals surface area contributed by atoms with Crippen LogP contribution >= 0.6 is 0 Å². The van der Waals surface area contributed by atoms with Crippen LogP contribution in [0, 0.1) is 10.1 Å². The molecule has 0 radical (unpaired) electrons. The van der Waals surface area contributed by atoms with E-state index in [0.29, 0.717) is 6.54 Å². The maximum Gasteiger partial charge on any atom is 0.271 e. The normalized spacial score (nSPS) is 10.2. The summed E-state index contributed by atoms with van der Waals surface area (Å²) in [5.41, 5.74) is 0.382. The molecule has 0 aliphatic heterocycles. The van der Waals surface area contributed by atoms with Crippen molar-refractivity contribution >= 4 is 23.2 Å². The molecule has 24 heavy (non-hydrogen) atoms. The first-order valence-electron chi connectivity index (χ1n) is 7.30. The summed E-state index contributed by atoms with van der Waals surface area (Å²) in [5, 5.41) is 20.0. The Morgan fingerprint density at radius 1 is 1.33 bits per heavy atom. The predicted octanol–water partition coefficient (Wildman–Crippen LogP) is 1.72. The van der Waals surface area contributed by atoms with Crippen molar-refractivity contribution in [3.8, 4) is 0 Å².